The van der Waals surface area contributed by atoms with Gasteiger partial charge in [-0.05, 0) is 42.9 Å². The monoisotopic (exact) mass is 300 g/mol. The van der Waals surface area contributed by atoms with Crippen molar-refractivity contribution < 1.29 is 0 Å². The van der Waals surface area contributed by atoms with Gasteiger partial charge in [-0.1, -0.05) is 55.0 Å². The fourth-order valence-corrected chi connectivity index (χ4v) is 3.25. The van der Waals surface area contributed by atoms with Crippen LogP contribution in [0.1, 0.15) is 44.1 Å². The Bertz CT molecular complexity index is 403. The third-order valence-corrected chi connectivity index (χ3v) is 4.84. The minimum Gasteiger partial charge on any atom is -0.271 e. The SMILES string of the molecule is NNC(CCC1CCCC1)Cc1ccc(Cl)c(Cl)c1. The summed E-state index contributed by atoms with van der Waals surface area (Å²) in [5.74, 6) is 6.57. The molecule has 0 spiro atoms. The van der Waals surface area contributed by atoms with E-state index in [1.165, 1.54) is 37.7 Å². The second-order valence-electron chi connectivity index (χ2n) is 5.54. The Morgan fingerprint density at radius 3 is 2.58 bits per heavy atom. The third kappa shape index (κ3) is 4.64. The Kier molecular flexibility index (Phi) is 5.96. The highest BCUT2D eigenvalue weighted by atomic mass is 35.5. The predicted octanol–water partition coefficient (Wildman–Crippen LogP) is 4.34. The molecule has 1 saturated carbocycles. The molecule has 0 radical (unpaired) electrons. The molecule has 2 nitrogen and oxygen atoms in total. The van der Waals surface area contributed by atoms with Crippen molar-refractivity contribution in [1.82, 2.24) is 5.43 Å². The molecule has 1 unspecified atom stereocenters. The molecular formula is C15H22Cl2N2. The van der Waals surface area contributed by atoms with E-state index < -0.39 is 0 Å². The van der Waals surface area contributed by atoms with Crippen LogP contribution in [0, 0.1) is 5.92 Å². The number of rotatable bonds is 6. The van der Waals surface area contributed by atoms with Gasteiger partial charge in [-0.3, -0.25) is 11.3 Å². The molecule has 19 heavy (non-hydrogen) atoms. The maximum Gasteiger partial charge on any atom is 0.0595 e. The van der Waals surface area contributed by atoms with E-state index in [1.54, 1.807) is 0 Å². The van der Waals surface area contributed by atoms with E-state index in [-0.39, 0.29) is 0 Å². The number of hydrogen-bond acceptors (Lipinski definition) is 2. The van der Waals surface area contributed by atoms with Crippen molar-refractivity contribution in [3.8, 4) is 0 Å². The summed E-state index contributed by atoms with van der Waals surface area (Å²) in [5, 5.41) is 1.22. The molecule has 1 fully saturated rings. The molecule has 1 aliphatic rings. The summed E-state index contributed by atoms with van der Waals surface area (Å²) in [7, 11) is 0. The molecule has 0 aromatic heterocycles. The molecule has 1 atom stereocenters. The number of nitrogens with two attached hydrogens (primary N) is 1. The topological polar surface area (TPSA) is 38.0 Å². The van der Waals surface area contributed by atoms with Gasteiger partial charge in [-0.2, -0.15) is 0 Å². The zero-order chi connectivity index (χ0) is 13.7. The van der Waals surface area contributed by atoms with Crippen molar-refractivity contribution >= 4 is 23.2 Å². The Labute approximate surface area is 125 Å². The summed E-state index contributed by atoms with van der Waals surface area (Å²) >= 11 is 12.0. The van der Waals surface area contributed by atoms with Crippen molar-refractivity contribution in [3.63, 3.8) is 0 Å². The molecule has 0 bridgehead atoms. The minimum absolute atomic E-state index is 0.317. The summed E-state index contributed by atoms with van der Waals surface area (Å²) < 4.78 is 0. The maximum atomic E-state index is 6.04. The average molecular weight is 301 g/mol. The van der Waals surface area contributed by atoms with Gasteiger partial charge in [0.05, 0.1) is 10.0 Å². The average Bonchev–Trinajstić information content (AvgIpc) is 2.92. The smallest absolute Gasteiger partial charge is 0.0595 e. The molecule has 0 heterocycles. The molecule has 3 N–H and O–H groups in total. The van der Waals surface area contributed by atoms with E-state index in [0.717, 1.165) is 18.8 Å². The van der Waals surface area contributed by atoms with E-state index in [4.69, 9.17) is 29.0 Å². The van der Waals surface area contributed by atoms with Gasteiger partial charge >= 0.3 is 0 Å². The largest absolute Gasteiger partial charge is 0.271 e. The number of nitrogens with one attached hydrogen (secondary N) is 1. The zero-order valence-corrected chi connectivity index (χ0v) is 12.7. The summed E-state index contributed by atoms with van der Waals surface area (Å²) in [5.41, 5.74) is 4.12. The van der Waals surface area contributed by atoms with Crippen LogP contribution in [0.25, 0.3) is 0 Å². The molecule has 1 aliphatic carbocycles. The number of benzene rings is 1. The molecule has 0 aliphatic heterocycles. The summed E-state index contributed by atoms with van der Waals surface area (Å²) in [6.07, 6.45) is 8.89. The first kappa shape index (κ1) is 15.1. The van der Waals surface area contributed by atoms with Crippen LogP contribution < -0.4 is 11.3 Å². The van der Waals surface area contributed by atoms with E-state index in [9.17, 15) is 0 Å². The van der Waals surface area contributed by atoms with Crippen molar-refractivity contribution in [2.75, 3.05) is 0 Å². The van der Waals surface area contributed by atoms with Gasteiger partial charge in [-0.25, -0.2) is 0 Å². The van der Waals surface area contributed by atoms with Crippen LogP contribution in [0.15, 0.2) is 18.2 Å². The van der Waals surface area contributed by atoms with Gasteiger partial charge in [-0.15, -0.1) is 0 Å². The van der Waals surface area contributed by atoms with Crippen LogP contribution in [-0.2, 0) is 6.42 Å². The summed E-state index contributed by atoms with van der Waals surface area (Å²) in [4.78, 5) is 0. The molecule has 0 saturated heterocycles. The van der Waals surface area contributed by atoms with E-state index >= 15 is 0 Å². The Morgan fingerprint density at radius 2 is 1.95 bits per heavy atom. The minimum atomic E-state index is 0.317. The standard InChI is InChI=1S/C15H22Cl2N2/c16-14-8-6-12(10-15(14)17)9-13(19-18)7-5-11-3-1-2-4-11/h6,8,10-11,13,19H,1-5,7,9,18H2. The predicted molar refractivity (Wildman–Crippen MR) is 82.5 cm³/mol. The van der Waals surface area contributed by atoms with Crippen LogP contribution in [0.4, 0.5) is 0 Å². The van der Waals surface area contributed by atoms with E-state index in [1.807, 2.05) is 18.2 Å². The van der Waals surface area contributed by atoms with E-state index in [0.29, 0.717) is 16.1 Å². The van der Waals surface area contributed by atoms with Gasteiger partial charge in [0, 0.05) is 6.04 Å². The van der Waals surface area contributed by atoms with Crippen molar-refractivity contribution in [2.45, 2.75) is 51.0 Å². The van der Waals surface area contributed by atoms with Crippen molar-refractivity contribution in [2.24, 2.45) is 11.8 Å². The summed E-state index contributed by atoms with van der Waals surface area (Å²) in [6, 6.07) is 6.12. The lowest BCUT2D eigenvalue weighted by Crippen LogP contribution is -2.37. The molecular weight excluding hydrogens is 279 g/mol. The fraction of sp³-hybridized carbons (Fsp3) is 0.600. The van der Waals surface area contributed by atoms with Crippen LogP contribution in [-0.4, -0.2) is 6.04 Å². The molecule has 106 valence electrons. The van der Waals surface area contributed by atoms with Crippen LogP contribution in [0.2, 0.25) is 10.0 Å². The van der Waals surface area contributed by atoms with E-state index in [2.05, 4.69) is 5.43 Å². The Hall–Kier alpha value is -0.280. The van der Waals surface area contributed by atoms with Crippen molar-refractivity contribution in [1.29, 1.82) is 0 Å². The molecule has 1 aromatic carbocycles. The summed E-state index contributed by atoms with van der Waals surface area (Å²) in [6.45, 7) is 0. The first-order chi connectivity index (χ1) is 9.19. The maximum absolute atomic E-state index is 6.04. The van der Waals surface area contributed by atoms with Gasteiger partial charge in [0.2, 0.25) is 0 Å². The van der Waals surface area contributed by atoms with Gasteiger partial charge < -0.3 is 0 Å². The van der Waals surface area contributed by atoms with Crippen LogP contribution in [0.5, 0.6) is 0 Å². The highest BCUT2D eigenvalue weighted by molar-refractivity contribution is 6.42. The molecule has 1 aromatic rings. The second kappa shape index (κ2) is 7.49. The molecule has 2 rings (SSSR count). The highest BCUT2D eigenvalue weighted by Crippen LogP contribution is 2.29. The first-order valence-corrected chi connectivity index (χ1v) is 7.84. The number of hydrazine groups is 1. The van der Waals surface area contributed by atoms with Gasteiger partial charge in [0.15, 0.2) is 0 Å². The quantitative estimate of drug-likeness (QED) is 0.606. The Balaban J connectivity index is 1.85. The normalized spacial score (nSPS) is 17.8. The second-order valence-corrected chi connectivity index (χ2v) is 6.36. The Morgan fingerprint density at radius 1 is 1.21 bits per heavy atom. The molecule has 0 amide bonds. The van der Waals surface area contributed by atoms with Gasteiger partial charge in [0.25, 0.3) is 0 Å². The van der Waals surface area contributed by atoms with Crippen LogP contribution >= 0.6 is 23.2 Å². The lowest BCUT2D eigenvalue weighted by atomic mass is 9.95. The van der Waals surface area contributed by atoms with Crippen molar-refractivity contribution in [3.05, 3.63) is 33.8 Å². The fourth-order valence-electron chi connectivity index (χ4n) is 2.93. The molecule has 4 heteroatoms. The third-order valence-electron chi connectivity index (χ3n) is 4.10. The number of hydrogen-bond donors (Lipinski definition) is 2. The van der Waals surface area contributed by atoms with Crippen LogP contribution in [0.3, 0.4) is 0 Å². The zero-order valence-electron chi connectivity index (χ0n) is 11.2. The lowest BCUT2D eigenvalue weighted by molar-refractivity contribution is 0.407. The first-order valence-electron chi connectivity index (χ1n) is 7.09. The highest BCUT2D eigenvalue weighted by Gasteiger charge is 2.17. The number of halogens is 2. The lowest BCUT2D eigenvalue weighted by Gasteiger charge is -2.18. The van der Waals surface area contributed by atoms with Gasteiger partial charge in [0.1, 0.15) is 0 Å².